The Kier molecular flexibility index (Phi) is 4.47. The predicted molar refractivity (Wildman–Crippen MR) is 102 cm³/mol. The van der Waals surface area contributed by atoms with E-state index < -0.39 is 0 Å². The molecule has 2 aromatic heterocycles. The molecule has 4 rings (SSSR count). The first-order chi connectivity index (χ1) is 12.7. The van der Waals surface area contributed by atoms with Gasteiger partial charge in [-0.1, -0.05) is 59.3 Å². The summed E-state index contributed by atoms with van der Waals surface area (Å²) < 4.78 is 1.64. The molecule has 2 heterocycles. The number of amides is 1. The number of hydrogen-bond acceptors (Lipinski definition) is 5. The van der Waals surface area contributed by atoms with Crippen LogP contribution in [0.3, 0.4) is 0 Å². The maximum Gasteiger partial charge on any atom is 0.260 e. The molecule has 0 aliphatic rings. The quantitative estimate of drug-likeness (QED) is 0.572. The highest BCUT2D eigenvalue weighted by molar-refractivity contribution is 7.18. The van der Waals surface area contributed by atoms with Crippen molar-refractivity contribution in [3.8, 4) is 16.3 Å². The van der Waals surface area contributed by atoms with Gasteiger partial charge in [-0.25, -0.2) is 4.68 Å². The van der Waals surface area contributed by atoms with Crippen molar-refractivity contribution in [2.45, 2.75) is 0 Å². The Bertz CT molecular complexity index is 1060. The number of rotatable bonds is 4. The standard InChI is InChI=1S/C18H12ClN5OS/c19-15-9-5-4-8-14(15)17-22-23-18(26-17)21-16(25)12-10-20-24(11-12)13-6-2-1-3-7-13/h1-11H,(H,21,23,25). The third kappa shape index (κ3) is 3.35. The number of hydrogen-bond donors (Lipinski definition) is 1. The average molecular weight is 382 g/mol. The first kappa shape index (κ1) is 16.4. The normalized spacial score (nSPS) is 10.7. The second-order valence-corrected chi connectivity index (χ2v) is 6.74. The largest absolute Gasteiger partial charge is 0.296 e. The summed E-state index contributed by atoms with van der Waals surface area (Å²) in [6, 6.07) is 16.9. The summed E-state index contributed by atoms with van der Waals surface area (Å²) in [7, 11) is 0. The Morgan fingerprint density at radius 1 is 1.04 bits per heavy atom. The van der Waals surface area contributed by atoms with E-state index in [1.807, 2.05) is 48.5 Å². The number of nitrogens with one attached hydrogen (secondary N) is 1. The molecule has 2 aromatic carbocycles. The minimum atomic E-state index is -0.297. The van der Waals surface area contributed by atoms with Crippen LogP contribution in [-0.4, -0.2) is 25.9 Å². The third-order valence-corrected chi connectivity index (χ3v) is 4.82. The van der Waals surface area contributed by atoms with E-state index in [4.69, 9.17) is 11.6 Å². The maximum absolute atomic E-state index is 12.4. The van der Waals surface area contributed by atoms with Gasteiger partial charge in [0.15, 0.2) is 5.01 Å². The van der Waals surface area contributed by atoms with Crippen molar-refractivity contribution < 1.29 is 4.79 Å². The summed E-state index contributed by atoms with van der Waals surface area (Å²) in [5.41, 5.74) is 2.09. The Hall–Kier alpha value is -3.03. The first-order valence-corrected chi connectivity index (χ1v) is 8.90. The van der Waals surface area contributed by atoms with E-state index in [2.05, 4.69) is 20.6 Å². The molecule has 0 radical (unpaired) electrons. The molecular formula is C18H12ClN5OS. The number of halogens is 1. The first-order valence-electron chi connectivity index (χ1n) is 7.70. The summed E-state index contributed by atoms with van der Waals surface area (Å²) in [6.45, 7) is 0. The van der Waals surface area contributed by atoms with Crippen molar-refractivity contribution in [1.82, 2.24) is 20.0 Å². The van der Waals surface area contributed by atoms with Gasteiger partial charge in [-0.3, -0.25) is 10.1 Å². The lowest BCUT2D eigenvalue weighted by Crippen LogP contribution is -2.10. The number of carbonyl (C=O) groups excluding carboxylic acids is 1. The van der Waals surface area contributed by atoms with E-state index >= 15 is 0 Å². The molecule has 0 bridgehead atoms. The number of anilines is 1. The molecule has 0 saturated carbocycles. The SMILES string of the molecule is O=C(Nc1nnc(-c2ccccc2Cl)s1)c1cnn(-c2ccccc2)c1. The van der Waals surface area contributed by atoms with E-state index in [0.29, 0.717) is 20.7 Å². The van der Waals surface area contributed by atoms with Gasteiger partial charge in [0, 0.05) is 11.8 Å². The van der Waals surface area contributed by atoms with Crippen LogP contribution in [-0.2, 0) is 0 Å². The lowest BCUT2D eigenvalue weighted by molar-refractivity contribution is 0.102. The van der Waals surface area contributed by atoms with Gasteiger partial charge in [0.1, 0.15) is 0 Å². The minimum absolute atomic E-state index is 0.297. The topological polar surface area (TPSA) is 72.7 Å². The average Bonchev–Trinajstić information content (AvgIpc) is 3.33. The smallest absolute Gasteiger partial charge is 0.260 e. The Morgan fingerprint density at radius 2 is 1.81 bits per heavy atom. The van der Waals surface area contributed by atoms with Crippen LogP contribution in [0.2, 0.25) is 5.02 Å². The minimum Gasteiger partial charge on any atom is -0.296 e. The highest BCUT2D eigenvalue weighted by Crippen LogP contribution is 2.31. The van der Waals surface area contributed by atoms with Gasteiger partial charge in [-0.15, -0.1) is 10.2 Å². The molecule has 1 amide bonds. The number of benzene rings is 2. The fraction of sp³-hybridized carbons (Fsp3) is 0. The summed E-state index contributed by atoms with van der Waals surface area (Å²) in [6.07, 6.45) is 3.18. The van der Waals surface area contributed by atoms with E-state index in [-0.39, 0.29) is 5.91 Å². The van der Waals surface area contributed by atoms with Crippen LogP contribution in [0.25, 0.3) is 16.3 Å². The zero-order valence-electron chi connectivity index (χ0n) is 13.3. The molecule has 0 atom stereocenters. The van der Waals surface area contributed by atoms with Gasteiger partial charge in [-0.05, 0) is 18.2 Å². The van der Waals surface area contributed by atoms with Crippen LogP contribution in [0.4, 0.5) is 5.13 Å². The molecule has 6 nitrogen and oxygen atoms in total. The van der Waals surface area contributed by atoms with E-state index in [9.17, 15) is 4.79 Å². The Labute approximate surface area is 158 Å². The second kappa shape index (κ2) is 7.07. The molecule has 0 spiro atoms. The molecule has 8 heteroatoms. The number of carbonyl (C=O) groups is 1. The molecule has 1 N–H and O–H groups in total. The maximum atomic E-state index is 12.4. The highest BCUT2D eigenvalue weighted by atomic mass is 35.5. The highest BCUT2D eigenvalue weighted by Gasteiger charge is 2.14. The van der Waals surface area contributed by atoms with E-state index in [1.165, 1.54) is 17.5 Å². The predicted octanol–water partition coefficient (Wildman–Crippen LogP) is 4.30. The van der Waals surface area contributed by atoms with Gasteiger partial charge >= 0.3 is 0 Å². The van der Waals surface area contributed by atoms with Crippen molar-refractivity contribution in [3.05, 3.63) is 77.6 Å². The molecule has 0 unspecified atom stereocenters. The van der Waals surface area contributed by atoms with Crippen molar-refractivity contribution >= 4 is 34.0 Å². The molecule has 0 fully saturated rings. The zero-order valence-corrected chi connectivity index (χ0v) is 14.9. The molecule has 4 aromatic rings. The van der Waals surface area contributed by atoms with Crippen molar-refractivity contribution in [1.29, 1.82) is 0 Å². The van der Waals surface area contributed by atoms with Gasteiger partial charge in [0.2, 0.25) is 5.13 Å². The van der Waals surface area contributed by atoms with Gasteiger partial charge in [-0.2, -0.15) is 5.10 Å². The molecule has 26 heavy (non-hydrogen) atoms. The lowest BCUT2D eigenvalue weighted by Gasteiger charge is -1.99. The number of para-hydroxylation sites is 1. The molecule has 0 saturated heterocycles. The van der Waals surface area contributed by atoms with Crippen LogP contribution >= 0.6 is 22.9 Å². The van der Waals surface area contributed by atoms with Crippen LogP contribution in [0.1, 0.15) is 10.4 Å². The van der Waals surface area contributed by atoms with Crippen molar-refractivity contribution in [2.75, 3.05) is 5.32 Å². The van der Waals surface area contributed by atoms with Crippen LogP contribution < -0.4 is 5.32 Å². The van der Waals surface area contributed by atoms with Crippen molar-refractivity contribution in [3.63, 3.8) is 0 Å². The van der Waals surface area contributed by atoms with Crippen LogP contribution in [0, 0.1) is 0 Å². The molecule has 0 aliphatic heterocycles. The Morgan fingerprint density at radius 3 is 2.62 bits per heavy atom. The summed E-state index contributed by atoms with van der Waals surface area (Å²) in [5.74, 6) is -0.297. The monoisotopic (exact) mass is 381 g/mol. The number of aromatic nitrogens is 4. The Balaban J connectivity index is 1.51. The second-order valence-electron chi connectivity index (χ2n) is 5.36. The summed E-state index contributed by atoms with van der Waals surface area (Å²) in [5, 5.41) is 16.7. The zero-order chi connectivity index (χ0) is 17.9. The lowest BCUT2D eigenvalue weighted by atomic mass is 10.2. The molecule has 128 valence electrons. The van der Waals surface area contributed by atoms with E-state index in [0.717, 1.165) is 11.3 Å². The van der Waals surface area contributed by atoms with Crippen LogP contribution in [0.15, 0.2) is 67.0 Å². The summed E-state index contributed by atoms with van der Waals surface area (Å²) in [4.78, 5) is 12.4. The van der Waals surface area contributed by atoms with Crippen LogP contribution in [0.5, 0.6) is 0 Å². The molecular weight excluding hydrogens is 370 g/mol. The van der Waals surface area contributed by atoms with E-state index in [1.54, 1.807) is 16.9 Å². The third-order valence-electron chi connectivity index (χ3n) is 3.62. The fourth-order valence-electron chi connectivity index (χ4n) is 2.35. The van der Waals surface area contributed by atoms with Crippen molar-refractivity contribution in [2.24, 2.45) is 0 Å². The molecule has 0 aliphatic carbocycles. The fourth-order valence-corrected chi connectivity index (χ4v) is 3.41. The van der Waals surface area contributed by atoms with Gasteiger partial charge in [0.05, 0.1) is 22.5 Å². The van der Waals surface area contributed by atoms with Gasteiger partial charge in [0.25, 0.3) is 5.91 Å². The van der Waals surface area contributed by atoms with Gasteiger partial charge < -0.3 is 0 Å². The number of nitrogens with zero attached hydrogens (tertiary/aromatic N) is 4. The summed E-state index contributed by atoms with van der Waals surface area (Å²) >= 11 is 7.43.